The molecule has 0 bridgehead atoms. The van der Waals surface area contributed by atoms with Crippen molar-refractivity contribution in [3.63, 3.8) is 0 Å². The first-order valence-electron chi connectivity index (χ1n) is 4.64. The molecule has 1 heterocycles. The van der Waals surface area contributed by atoms with Crippen molar-refractivity contribution in [1.29, 1.82) is 0 Å². The molecule has 0 amide bonds. The molecule has 13 heavy (non-hydrogen) atoms. The molecule has 1 aliphatic rings. The highest BCUT2D eigenvalue weighted by Gasteiger charge is 2.25. The fourth-order valence-electron chi connectivity index (χ4n) is 1.96. The molecule has 0 unspecified atom stereocenters. The molecular formula is C12H15N. The van der Waals surface area contributed by atoms with Crippen molar-refractivity contribution in [1.82, 2.24) is 5.32 Å². The van der Waals surface area contributed by atoms with Gasteiger partial charge in [0.25, 0.3) is 0 Å². The lowest BCUT2D eigenvalue weighted by Crippen LogP contribution is -2.43. The molecule has 2 rings (SSSR count). The molecule has 1 nitrogen and oxygen atoms in total. The van der Waals surface area contributed by atoms with Crippen LogP contribution in [0.3, 0.4) is 0 Å². The smallest absolute Gasteiger partial charge is 0.0358 e. The number of benzene rings is 1. The summed E-state index contributed by atoms with van der Waals surface area (Å²) in [6, 6.07) is 8.46. The van der Waals surface area contributed by atoms with Crippen molar-refractivity contribution in [2.45, 2.75) is 25.8 Å². The van der Waals surface area contributed by atoms with Crippen LogP contribution in [0.15, 0.2) is 30.8 Å². The van der Waals surface area contributed by atoms with Gasteiger partial charge in [0.05, 0.1) is 0 Å². The highest BCUT2D eigenvalue weighted by atomic mass is 15.0. The summed E-state index contributed by atoms with van der Waals surface area (Å²) in [5.74, 6) is 0. The van der Waals surface area contributed by atoms with Gasteiger partial charge in [-0.15, -0.1) is 0 Å². The van der Waals surface area contributed by atoms with Gasteiger partial charge >= 0.3 is 0 Å². The van der Waals surface area contributed by atoms with Crippen molar-refractivity contribution >= 4 is 5.70 Å². The molecule has 68 valence electrons. The zero-order valence-electron chi connectivity index (χ0n) is 8.22. The van der Waals surface area contributed by atoms with E-state index >= 15 is 0 Å². The molecule has 0 radical (unpaired) electrons. The Morgan fingerprint density at radius 2 is 2.00 bits per heavy atom. The molecule has 1 aromatic carbocycles. The summed E-state index contributed by atoms with van der Waals surface area (Å²) in [6.45, 7) is 8.45. The minimum atomic E-state index is 0.144. The fourth-order valence-corrected chi connectivity index (χ4v) is 1.96. The number of hydrogen-bond donors (Lipinski definition) is 1. The summed E-state index contributed by atoms with van der Waals surface area (Å²) in [4.78, 5) is 0. The van der Waals surface area contributed by atoms with Crippen molar-refractivity contribution in [3.05, 3.63) is 42.0 Å². The van der Waals surface area contributed by atoms with Gasteiger partial charge in [-0.3, -0.25) is 0 Å². The summed E-state index contributed by atoms with van der Waals surface area (Å²) in [7, 11) is 0. The number of hydrogen-bond acceptors (Lipinski definition) is 1. The second-order valence-corrected chi connectivity index (χ2v) is 4.32. The number of nitrogens with one attached hydrogen (secondary N) is 1. The van der Waals surface area contributed by atoms with E-state index in [9.17, 15) is 0 Å². The van der Waals surface area contributed by atoms with Gasteiger partial charge in [-0.05, 0) is 25.8 Å². The molecule has 0 atom stereocenters. The molecule has 1 aromatic rings. The fraction of sp³-hybridized carbons (Fsp3) is 0.333. The van der Waals surface area contributed by atoms with E-state index in [2.05, 4.69) is 50.0 Å². The first-order valence-corrected chi connectivity index (χ1v) is 4.64. The standard InChI is InChI=1S/C12H15N/c1-9-11-7-5-4-6-10(11)8-12(2,3)13-9/h4-7,13H,1,8H2,2-3H3. The van der Waals surface area contributed by atoms with Gasteiger partial charge in [-0.2, -0.15) is 0 Å². The Labute approximate surface area is 79.5 Å². The van der Waals surface area contributed by atoms with E-state index in [-0.39, 0.29) is 5.54 Å². The van der Waals surface area contributed by atoms with E-state index in [1.807, 2.05) is 0 Å². The highest BCUT2D eigenvalue weighted by Crippen LogP contribution is 2.27. The van der Waals surface area contributed by atoms with Crippen molar-refractivity contribution in [2.24, 2.45) is 0 Å². The topological polar surface area (TPSA) is 12.0 Å². The second kappa shape index (κ2) is 2.63. The summed E-state index contributed by atoms with van der Waals surface area (Å²) >= 11 is 0. The van der Waals surface area contributed by atoms with E-state index in [0.717, 1.165) is 12.1 Å². The molecule has 0 aromatic heterocycles. The normalized spacial score (nSPS) is 19.1. The van der Waals surface area contributed by atoms with Crippen LogP contribution in [0.4, 0.5) is 0 Å². The van der Waals surface area contributed by atoms with Gasteiger partial charge in [-0.1, -0.05) is 30.8 Å². The van der Waals surface area contributed by atoms with Gasteiger partial charge in [0.2, 0.25) is 0 Å². The first kappa shape index (κ1) is 8.36. The van der Waals surface area contributed by atoms with Crippen LogP contribution >= 0.6 is 0 Å². The van der Waals surface area contributed by atoms with Crippen molar-refractivity contribution in [2.75, 3.05) is 0 Å². The molecule has 0 saturated carbocycles. The Morgan fingerprint density at radius 3 is 2.77 bits per heavy atom. The molecule has 1 aliphatic heterocycles. The third-order valence-corrected chi connectivity index (χ3v) is 2.46. The average Bonchev–Trinajstić information content (AvgIpc) is 2.02. The Bertz CT molecular complexity index is 350. The van der Waals surface area contributed by atoms with E-state index in [0.29, 0.717) is 0 Å². The quantitative estimate of drug-likeness (QED) is 0.636. The van der Waals surface area contributed by atoms with E-state index in [1.54, 1.807) is 0 Å². The first-order chi connectivity index (χ1) is 6.08. The summed E-state index contributed by atoms with van der Waals surface area (Å²) < 4.78 is 0. The minimum Gasteiger partial charge on any atom is -0.380 e. The van der Waals surface area contributed by atoms with Gasteiger partial charge in [-0.25, -0.2) is 0 Å². The zero-order valence-corrected chi connectivity index (χ0v) is 8.22. The average molecular weight is 173 g/mol. The summed E-state index contributed by atoms with van der Waals surface area (Å²) in [6.07, 6.45) is 1.07. The number of fused-ring (bicyclic) bond motifs is 1. The Balaban J connectivity index is 2.49. The summed E-state index contributed by atoms with van der Waals surface area (Å²) in [5, 5.41) is 3.42. The van der Waals surface area contributed by atoms with E-state index < -0.39 is 0 Å². The van der Waals surface area contributed by atoms with Gasteiger partial charge in [0.1, 0.15) is 0 Å². The summed E-state index contributed by atoms with van der Waals surface area (Å²) in [5.41, 5.74) is 3.86. The third kappa shape index (κ3) is 1.46. The molecule has 0 fully saturated rings. The molecule has 0 aliphatic carbocycles. The maximum Gasteiger partial charge on any atom is 0.0358 e. The van der Waals surface area contributed by atoms with Crippen LogP contribution in [0, 0.1) is 0 Å². The maximum absolute atomic E-state index is 4.04. The molecule has 1 heteroatoms. The van der Waals surface area contributed by atoms with Crippen LogP contribution in [0.25, 0.3) is 5.70 Å². The zero-order chi connectivity index (χ0) is 9.47. The lowest BCUT2D eigenvalue weighted by molar-refractivity contribution is 0.437. The van der Waals surface area contributed by atoms with Crippen molar-refractivity contribution in [3.8, 4) is 0 Å². The highest BCUT2D eigenvalue weighted by molar-refractivity contribution is 5.67. The van der Waals surface area contributed by atoms with Crippen LogP contribution < -0.4 is 5.32 Å². The van der Waals surface area contributed by atoms with Gasteiger partial charge in [0.15, 0.2) is 0 Å². The minimum absolute atomic E-state index is 0.144. The predicted molar refractivity (Wildman–Crippen MR) is 56.4 cm³/mol. The SMILES string of the molecule is C=C1NC(C)(C)Cc2ccccc21. The lowest BCUT2D eigenvalue weighted by atomic mass is 9.86. The van der Waals surface area contributed by atoms with Crippen LogP contribution in [0.2, 0.25) is 0 Å². The van der Waals surface area contributed by atoms with Gasteiger partial charge < -0.3 is 5.32 Å². The Kier molecular flexibility index (Phi) is 1.69. The lowest BCUT2D eigenvalue weighted by Gasteiger charge is -2.35. The molecular weight excluding hydrogens is 158 g/mol. The van der Waals surface area contributed by atoms with Crippen molar-refractivity contribution < 1.29 is 0 Å². The largest absolute Gasteiger partial charge is 0.380 e. The van der Waals surface area contributed by atoms with E-state index in [4.69, 9.17) is 0 Å². The number of rotatable bonds is 0. The Morgan fingerprint density at radius 1 is 1.31 bits per heavy atom. The predicted octanol–water partition coefficient (Wildman–Crippen LogP) is 2.58. The van der Waals surface area contributed by atoms with E-state index in [1.165, 1.54) is 11.1 Å². The van der Waals surface area contributed by atoms with Crippen LogP contribution in [-0.2, 0) is 6.42 Å². The van der Waals surface area contributed by atoms with Crippen LogP contribution in [0.1, 0.15) is 25.0 Å². The molecule has 0 spiro atoms. The monoisotopic (exact) mass is 173 g/mol. The molecule has 1 N–H and O–H groups in total. The third-order valence-electron chi connectivity index (χ3n) is 2.46. The second-order valence-electron chi connectivity index (χ2n) is 4.32. The van der Waals surface area contributed by atoms with Crippen LogP contribution in [-0.4, -0.2) is 5.54 Å². The Hall–Kier alpha value is -1.24. The maximum atomic E-state index is 4.04. The van der Waals surface area contributed by atoms with Gasteiger partial charge in [0, 0.05) is 16.8 Å². The molecule has 0 saturated heterocycles. The van der Waals surface area contributed by atoms with Crippen LogP contribution in [0.5, 0.6) is 0 Å².